The first-order chi connectivity index (χ1) is 28.7. The van der Waals surface area contributed by atoms with E-state index < -0.39 is 5.41 Å². The zero-order valence-corrected chi connectivity index (χ0v) is 31.3. The van der Waals surface area contributed by atoms with Crippen LogP contribution in [0, 0.1) is 6.57 Å². The van der Waals surface area contributed by atoms with Crippen molar-refractivity contribution in [2.75, 3.05) is 0 Å². The van der Waals surface area contributed by atoms with Crippen molar-refractivity contribution in [3.63, 3.8) is 0 Å². The minimum absolute atomic E-state index is 0.534. The van der Waals surface area contributed by atoms with Gasteiger partial charge in [-0.05, 0) is 63.7 Å². The molecule has 1 aromatic heterocycles. The van der Waals surface area contributed by atoms with Gasteiger partial charge in [0.05, 0.1) is 12.0 Å². The van der Waals surface area contributed by atoms with Gasteiger partial charge in [0.1, 0.15) is 11.5 Å². The average molecular weight is 743 g/mol. The fourth-order valence-corrected chi connectivity index (χ4v) is 8.14. The predicted octanol–water partition coefficient (Wildman–Crippen LogP) is 13.2. The molecule has 1 aliphatic rings. The monoisotopic (exact) mass is 742 g/mol. The Balaban J connectivity index is 1.13. The smallest absolute Gasteiger partial charge is 0.187 e. The lowest BCUT2D eigenvalue weighted by atomic mass is 9.63. The van der Waals surface area contributed by atoms with Crippen LogP contribution in [0.2, 0.25) is 0 Å². The van der Waals surface area contributed by atoms with E-state index in [1.165, 1.54) is 0 Å². The van der Waals surface area contributed by atoms with Crippen LogP contribution in [0.5, 0.6) is 11.5 Å². The maximum atomic E-state index is 7.46. The number of nitrogens with zero attached hydrogens (tertiary/aromatic N) is 4. The molecule has 0 saturated carbocycles. The van der Waals surface area contributed by atoms with E-state index in [4.69, 9.17) is 26.3 Å². The van der Waals surface area contributed by atoms with Gasteiger partial charge in [0.25, 0.3) is 0 Å². The van der Waals surface area contributed by atoms with E-state index in [0.29, 0.717) is 23.2 Å². The van der Waals surface area contributed by atoms with Crippen LogP contribution in [-0.2, 0) is 5.41 Å². The van der Waals surface area contributed by atoms with Crippen molar-refractivity contribution >= 4 is 5.69 Å². The maximum absolute atomic E-state index is 7.46. The highest BCUT2D eigenvalue weighted by atomic mass is 16.5. The molecule has 0 aliphatic carbocycles. The minimum Gasteiger partial charge on any atom is -0.457 e. The maximum Gasteiger partial charge on any atom is 0.187 e. The van der Waals surface area contributed by atoms with Crippen molar-refractivity contribution in [2.45, 2.75) is 5.41 Å². The Kier molecular flexibility index (Phi) is 8.70. The van der Waals surface area contributed by atoms with Gasteiger partial charge in [-0.25, -0.2) is 19.8 Å². The molecule has 5 heteroatoms. The Morgan fingerprint density at radius 3 is 1.41 bits per heavy atom. The van der Waals surface area contributed by atoms with Crippen LogP contribution in [-0.4, -0.2) is 15.0 Å². The van der Waals surface area contributed by atoms with E-state index in [1.54, 1.807) is 12.1 Å². The molecule has 0 saturated heterocycles. The Hall–Kier alpha value is -7.94. The third kappa shape index (κ3) is 6.10. The molecule has 0 spiro atoms. The fourth-order valence-electron chi connectivity index (χ4n) is 8.14. The Morgan fingerprint density at radius 1 is 0.362 bits per heavy atom. The van der Waals surface area contributed by atoms with E-state index in [1.807, 2.05) is 54.6 Å². The molecule has 8 aromatic carbocycles. The molecule has 10 rings (SSSR count). The van der Waals surface area contributed by atoms with Crippen LogP contribution in [0.25, 0.3) is 61.3 Å². The van der Waals surface area contributed by atoms with E-state index in [9.17, 15) is 0 Å². The van der Waals surface area contributed by atoms with Gasteiger partial charge in [-0.3, -0.25) is 0 Å². The molecule has 2 heterocycles. The Labute approximate surface area is 337 Å². The quantitative estimate of drug-likeness (QED) is 0.153. The van der Waals surface area contributed by atoms with E-state index in [-0.39, 0.29) is 0 Å². The van der Waals surface area contributed by atoms with Crippen LogP contribution in [0.3, 0.4) is 0 Å². The highest BCUT2D eigenvalue weighted by Gasteiger charge is 2.45. The summed E-state index contributed by atoms with van der Waals surface area (Å²) in [7, 11) is 0. The standard InChI is InChI=1S/C53H34N4O/c1-54-45-30-27-37(28-31-45)50-55-51(41-19-13-17-38(33-41)36-15-5-2-6-16-36)57-52(56-50)42-20-14-18-39(34-42)40-29-32-49-47(35-40)53(43-21-7-3-8-22-43,44-23-9-4-10-24-44)46-25-11-12-26-48(46)58-49/h2-35H. The Morgan fingerprint density at radius 2 is 0.810 bits per heavy atom. The Bertz CT molecular complexity index is 2940. The van der Waals surface area contributed by atoms with Gasteiger partial charge in [0, 0.05) is 27.8 Å². The largest absolute Gasteiger partial charge is 0.457 e. The summed E-state index contributed by atoms with van der Waals surface area (Å²) >= 11 is 0. The average Bonchev–Trinajstić information content (AvgIpc) is 3.31. The van der Waals surface area contributed by atoms with Gasteiger partial charge >= 0.3 is 0 Å². The molecular weight excluding hydrogens is 709 g/mol. The summed E-state index contributed by atoms with van der Waals surface area (Å²) < 4.78 is 6.68. The summed E-state index contributed by atoms with van der Waals surface area (Å²) in [6.07, 6.45) is 0. The van der Waals surface area contributed by atoms with Gasteiger partial charge in [0.2, 0.25) is 0 Å². The number of aromatic nitrogens is 3. The molecule has 0 fully saturated rings. The summed E-state index contributed by atoms with van der Waals surface area (Å²) in [6, 6.07) is 70.7. The summed E-state index contributed by atoms with van der Waals surface area (Å²) in [6.45, 7) is 7.46. The lowest BCUT2D eigenvalue weighted by Gasteiger charge is -2.41. The second kappa shape index (κ2) is 14.6. The highest BCUT2D eigenvalue weighted by molar-refractivity contribution is 5.78. The topological polar surface area (TPSA) is 52.3 Å². The van der Waals surface area contributed by atoms with E-state index >= 15 is 0 Å². The second-order valence-electron chi connectivity index (χ2n) is 14.3. The molecule has 0 unspecified atom stereocenters. The number of benzene rings is 8. The zero-order valence-electron chi connectivity index (χ0n) is 31.3. The van der Waals surface area contributed by atoms with E-state index in [0.717, 1.165) is 72.7 Å². The molecule has 0 atom stereocenters. The number of ether oxygens (including phenoxy) is 1. The molecule has 0 radical (unpaired) electrons. The first-order valence-corrected chi connectivity index (χ1v) is 19.2. The number of hydrogen-bond acceptors (Lipinski definition) is 4. The minimum atomic E-state index is -0.630. The highest BCUT2D eigenvalue weighted by Crippen LogP contribution is 2.55. The molecule has 0 N–H and O–H groups in total. The van der Waals surface area contributed by atoms with Crippen molar-refractivity contribution in [3.8, 4) is 67.9 Å². The predicted molar refractivity (Wildman–Crippen MR) is 232 cm³/mol. The van der Waals surface area contributed by atoms with Crippen LogP contribution < -0.4 is 4.74 Å². The molecular formula is C53H34N4O. The number of para-hydroxylation sites is 1. The summed E-state index contributed by atoms with van der Waals surface area (Å²) in [4.78, 5) is 18.7. The molecule has 1 aliphatic heterocycles. The lowest BCUT2D eigenvalue weighted by molar-refractivity contribution is 0.434. The van der Waals surface area contributed by atoms with Gasteiger partial charge in [0.15, 0.2) is 23.2 Å². The molecule has 58 heavy (non-hydrogen) atoms. The first-order valence-electron chi connectivity index (χ1n) is 19.2. The van der Waals surface area contributed by atoms with Crippen molar-refractivity contribution in [2.24, 2.45) is 0 Å². The molecule has 272 valence electrons. The number of rotatable bonds is 7. The molecule has 0 amide bonds. The number of hydrogen-bond donors (Lipinski definition) is 0. The fraction of sp³-hybridized carbons (Fsp3) is 0.0189. The van der Waals surface area contributed by atoms with Crippen LogP contribution >= 0.6 is 0 Å². The molecule has 0 bridgehead atoms. The van der Waals surface area contributed by atoms with Crippen LogP contribution in [0.1, 0.15) is 22.3 Å². The third-order valence-electron chi connectivity index (χ3n) is 10.9. The summed E-state index contributed by atoms with van der Waals surface area (Å²) in [5.41, 5.74) is 11.2. The van der Waals surface area contributed by atoms with Crippen molar-refractivity contribution in [3.05, 3.63) is 240 Å². The molecule has 9 aromatic rings. The van der Waals surface area contributed by atoms with Crippen LogP contribution in [0.4, 0.5) is 5.69 Å². The second-order valence-corrected chi connectivity index (χ2v) is 14.3. The third-order valence-corrected chi connectivity index (χ3v) is 10.9. The zero-order chi connectivity index (χ0) is 38.9. The SMILES string of the molecule is [C-]#[N+]c1ccc(-c2nc(-c3cccc(-c4ccccc4)c3)nc(-c3cccc(-c4ccc5c(c4)C(c4ccccc4)(c4ccccc4)c4ccccc4O5)c3)n2)cc1. The molecule has 5 nitrogen and oxygen atoms in total. The van der Waals surface area contributed by atoms with Gasteiger partial charge < -0.3 is 4.74 Å². The van der Waals surface area contributed by atoms with Gasteiger partial charge in [-0.15, -0.1) is 0 Å². The van der Waals surface area contributed by atoms with Gasteiger partial charge in [-0.2, -0.15) is 0 Å². The summed E-state index contributed by atoms with van der Waals surface area (Å²) in [5, 5.41) is 0. The van der Waals surface area contributed by atoms with Gasteiger partial charge in [-0.1, -0.05) is 176 Å². The number of fused-ring (bicyclic) bond motifs is 2. The van der Waals surface area contributed by atoms with Crippen molar-refractivity contribution in [1.82, 2.24) is 15.0 Å². The lowest BCUT2D eigenvalue weighted by Crippen LogP contribution is -2.34. The van der Waals surface area contributed by atoms with E-state index in [2.05, 4.69) is 144 Å². The first kappa shape index (κ1) is 34.5. The normalized spacial score (nSPS) is 12.4. The van der Waals surface area contributed by atoms with Crippen LogP contribution in [0.15, 0.2) is 206 Å². The van der Waals surface area contributed by atoms with Crippen molar-refractivity contribution in [1.29, 1.82) is 0 Å². The summed E-state index contributed by atoms with van der Waals surface area (Å²) in [5.74, 6) is 3.32. The van der Waals surface area contributed by atoms with Crippen molar-refractivity contribution < 1.29 is 4.74 Å².